The van der Waals surface area contributed by atoms with E-state index in [0.717, 1.165) is 0 Å². The molecule has 0 aromatic carbocycles. The molecular formula is H5NO10S2. The third-order valence-electron chi connectivity index (χ3n) is 0. The molecule has 0 aromatic heterocycles. The normalized spacial score (nSPS) is 9.85. The second-order valence-electron chi connectivity index (χ2n) is 0.979. The Labute approximate surface area is 72.1 Å². The first-order valence-electron chi connectivity index (χ1n) is 1.81. The quantitative estimate of drug-likeness (QED) is 0.166. The maximum Gasteiger partial charge on any atom is 0.394 e. The van der Waals surface area contributed by atoms with Crippen LogP contribution in [0.15, 0.2) is 0 Å². The highest BCUT2D eigenvalue weighted by Gasteiger charge is 1.85. The van der Waals surface area contributed by atoms with Crippen LogP contribution in [0.2, 0.25) is 0 Å². The van der Waals surface area contributed by atoms with Crippen molar-refractivity contribution in [2.24, 2.45) is 0 Å². The molecule has 0 rings (SSSR count). The minimum Gasteiger partial charge on any atom is -0.267 e. The van der Waals surface area contributed by atoms with Crippen LogP contribution in [0.5, 0.6) is 0 Å². The summed E-state index contributed by atoms with van der Waals surface area (Å²) in [6.07, 6.45) is 0. The summed E-state index contributed by atoms with van der Waals surface area (Å²) in [6.45, 7) is 0. The van der Waals surface area contributed by atoms with Crippen LogP contribution in [-0.2, 0) is 20.8 Å². The van der Waals surface area contributed by atoms with Crippen LogP contribution in [0, 0.1) is 10.1 Å². The second kappa shape index (κ2) is 7.77. The van der Waals surface area contributed by atoms with Crippen molar-refractivity contribution < 1.29 is 40.4 Å². The number of rotatable bonds is 0. The fourth-order valence-corrected chi connectivity index (χ4v) is 0. The summed E-state index contributed by atoms with van der Waals surface area (Å²) in [5.74, 6) is 0. The van der Waals surface area contributed by atoms with E-state index in [1.807, 2.05) is 0 Å². The lowest BCUT2D eigenvalue weighted by atomic mass is 13.4. The Morgan fingerprint density at radius 1 is 0.846 bits per heavy atom. The van der Waals surface area contributed by atoms with Crippen LogP contribution < -0.4 is 5.34 Å². The molecule has 0 aliphatic carbocycles. The Bertz CT molecular complexity index is 246. The lowest BCUT2D eigenvalue weighted by Crippen LogP contribution is -2.53. The molecule has 0 fully saturated rings. The summed E-state index contributed by atoms with van der Waals surface area (Å²) in [5, 5.41) is 8.38. The van der Waals surface area contributed by atoms with Crippen LogP contribution in [0.1, 0.15) is 0 Å². The molecule has 0 saturated heterocycles. The molecule has 0 heterocycles. The molecule has 0 amide bonds. The van der Waals surface area contributed by atoms with Gasteiger partial charge in [0.2, 0.25) is 0 Å². The monoisotopic (exact) mass is 243 g/mol. The van der Waals surface area contributed by atoms with Gasteiger partial charge in [0.05, 0.1) is 0 Å². The lowest BCUT2D eigenvalue weighted by molar-refractivity contribution is -0.398. The molecule has 82 valence electrons. The van der Waals surface area contributed by atoms with Crippen LogP contribution in [0.25, 0.3) is 0 Å². The summed E-state index contributed by atoms with van der Waals surface area (Å²) < 4.78 is 63.2. The number of hydrogen-bond donors (Lipinski definition) is 5. The van der Waals surface area contributed by atoms with Crippen LogP contribution in [0.3, 0.4) is 0 Å². The Kier molecular flexibility index (Phi) is 10.8. The highest BCUT2D eigenvalue weighted by atomic mass is 32.3. The Balaban J connectivity index is -0.000000120. The summed E-state index contributed by atoms with van der Waals surface area (Å²) in [5.41, 5.74) is 0. The largest absolute Gasteiger partial charge is 0.394 e. The summed E-state index contributed by atoms with van der Waals surface area (Å²) in [4.78, 5) is 8.12. The first-order valence-corrected chi connectivity index (χ1v) is 4.60. The van der Waals surface area contributed by atoms with E-state index in [9.17, 15) is 0 Å². The summed E-state index contributed by atoms with van der Waals surface area (Å²) >= 11 is 0. The molecular weight excluding hydrogens is 238 g/mol. The maximum atomic E-state index is 8.74. The first kappa shape index (κ1) is 18.0. The van der Waals surface area contributed by atoms with E-state index < -0.39 is 20.8 Å². The zero-order valence-corrected chi connectivity index (χ0v) is 7.19. The van der Waals surface area contributed by atoms with Crippen molar-refractivity contribution in [1.82, 2.24) is 0 Å². The predicted molar refractivity (Wildman–Crippen MR) is 36.1 cm³/mol. The molecule has 0 aliphatic rings. The molecule has 0 aliphatic heterocycles. The Morgan fingerprint density at radius 2 is 0.846 bits per heavy atom. The van der Waals surface area contributed by atoms with E-state index in [1.165, 1.54) is 0 Å². The first-order chi connectivity index (χ1) is 5.41. The Morgan fingerprint density at radius 3 is 0.846 bits per heavy atom. The standard InChI is InChI=1S/HNO2.2H2O4S/c2-1-3;2*1-5(2,3)4/h1H;2*(H2,1,2,3,4). The molecule has 0 bridgehead atoms. The average Bonchev–Trinajstić information content (AvgIpc) is 1.52. The van der Waals surface area contributed by atoms with Crippen molar-refractivity contribution in [1.29, 1.82) is 0 Å². The number of nitrogens with one attached hydrogen (secondary N) is 1. The van der Waals surface area contributed by atoms with Crippen molar-refractivity contribution >= 4 is 20.8 Å². The fraction of sp³-hybridized carbons (Fsp3) is 0. The van der Waals surface area contributed by atoms with Gasteiger partial charge in [-0.15, -0.1) is 0 Å². The van der Waals surface area contributed by atoms with E-state index >= 15 is 0 Å². The van der Waals surface area contributed by atoms with Gasteiger partial charge in [-0.05, 0) is 0 Å². The van der Waals surface area contributed by atoms with Gasteiger partial charge in [-0.25, -0.2) is 0 Å². The maximum absolute atomic E-state index is 8.74. The molecule has 0 radical (unpaired) electrons. The van der Waals surface area contributed by atoms with Crippen molar-refractivity contribution in [3.05, 3.63) is 10.1 Å². The SMILES string of the molecule is O=S(=O)(O)O.O=S(=O)(O)O.O=[NH+][O-]. The second-order valence-corrected chi connectivity index (χ2v) is 2.77. The van der Waals surface area contributed by atoms with Crippen molar-refractivity contribution in [3.63, 3.8) is 0 Å². The Hall–Kier alpha value is -0.860. The van der Waals surface area contributed by atoms with Gasteiger partial charge in [-0.1, -0.05) is 0 Å². The summed E-state index contributed by atoms with van der Waals surface area (Å²) in [7, 11) is -9.33. The van der Waals surface area contributed by atoms with Gasteiger partial charge in [0.15, 0.2) is 0 Å². The third kappa shape index (κ3) is 1260. The van der Waals surface area contributed by atoms with Gasteiger partial charge in [0.1, 0.15) is 0 Å². The third-order valence-corrected chi connectivity index (χ3v) is 0. The fourth-order valence-electron chi connectivity index (χ4n) is 0. The predicted octanol–water partition coefficient (Wildman–Crippen LogP) is -2.97. The molecule has 5 N–H and O–H groups in total. The molecule has 0 spiro atoms. The van der Waals surface area contributed by atoms with Gasteiger partial charge < -0.3 is 0 Å². The van der Waals surface area contributed by atoms with Gasteiger partial charge in [-0.2, -0.15) is 16.8 Å². The van der Waals surface area contributed by atoms with Crippen molar-refractivity contribution in [3.8, 4) is 0 Å². The average molecular weight is 243 g/mol. The van der Waals surface area contributed by atoms with E-state index in [0.29, 0.717) is 0 Å². The van der Waals surface area contributed by atoms with E-state index in [2.05, 4.69) is 0 Å². The van der Waals surface area contributed by atoms with Crippen molar-refractivity contribution in [2.75, 3.05) is 0 Å². The molecule has 11 nitrogen and oxygen atoms in total. The van der Waals surface area contributed by atoms with E-state index in [-0.39, 0.29) is 5.34 Å². The van der Waals surface area contributed by atoms with Crippen LogP contribution in [-0.4, -0.2) is 35.0 Å². The minimum atomic E-state index is -4.67. The molecule has 0 aromatic rings. The van der Waals surface area contributed by atoms with Gasteiger partial charge in [0.25, 0.3) is 0 Å². The smallest absolute Gasteiger partial charge is 0.267 e. The highest BCUT2D eigenvalue weighted by Crippen LogP contribution is 1.59. The molecule has 0 atom stereocenters. The zero-order chi connectivity index (χ0) is 11.7. The van der Waals surface area contributed by atoms with E-state index in [1.54, 1.807) is 0 Å². The number of hydrogen-bond acceptors (Lipinski definition) is 6. The molecule has 0 unspecified atom stereocenters. The zero-order valence-electron chi connectivity index (χ0n) is 5.55. The van der Waals surface area contributed by atoms with Crippen molar-refractivity contribution in [2.45, 2.75) is 0 Å². The topological polar surface area (TPSA) is 203 Å². The molecule has 0 saturated carbocycles. The van der Waals surface area contributed by atoms with Gasteiger partial charge >= 0.3 is 20.8 Å². The highest BCUT2D eigenvalue weighted by molar-refractivity contribution is 7.80. The van der Waals surface area contributed by atoms with Crippen LogP contribution >= 0.6 is 0 Å². The lowest BCUT2D eigenvalue weighted by Gasteiger charge is -1.68. The van der Waals surface area contributed by atoms with E-state index in [4.69, 9.17) is 45.2 Å². The minimum absolute atomic E-state index is 0.250. The van der Waals surface area contributed by atoms with Gasteiger partial charge in [0, 0.05) is 5.34 Å². The van der Waals surface area contributed by atoms with Gasteiger partial charge in [-0.3, -0.25) is 28.3 Å². The molecule has 13 heavy (non-hydrogen) atoms. The molecule has 13 heteroatoms. The van der Waals surface area contributed by atoms with Crippen LogP contribution in [0.4, 0.5) is 0 Å². The summed E-state index contributed by atoms with van der Waals surface area (Å²) in [6, 6.07) is 0.